The maximum absolute atomic E-state index is 13.9. The summed E-state index contributed by atoms with van der Waals surface area (Å²) in [5.74, 6) is -2.58. The van der Waals surface area contributed by atoms with Crippen LogP contribution in [0.1, 0.15) is 18.4 Å². The average molecular weight is 477 g/mol. The molecule has 2 aromatic rings. The highest BCUT2D eigenvalue weighted by Gasteiger charge is 2.74. The van der Waals surface area contributed by atoms with Crippen LogP contribution < -0.4 is 10.2 Å². The van der Waals surface area contributed by atoms with E-state index in [1.165, 1.54) is 6.07 Å². The van der Waals surface area contributed by atoms with Gasteiger partial charge in [0.25, 0.3) is 5.91 Å². The van der Waals surface area contributed by atoms with Crippen LogP contribution in [0.15, 0.2) is 36.4 Å². The smallest absolute Gasteiger partial charge is 0.250 e. The molecule has 4 aliphatic rings. The molecule has 1 spiro atoms. The maximum atomic E-state index is 13.9. The zero-order valence-corrected chi connectivity index (χ0v) is 18.3. The van der Waals surface area contributed by atoms with E-state index in [1.54, 1.807) is 24.3 Å². The predicted octanol–water partition coefficient (Wildman–Crippen LogP) is 4.08. The van der Waals surface area contributed by atoms with Crippen molar-refractivity contribution in [3.05, 3.63) is 57.0 Å². The van der Waals surface area contributed by atoms with Crippen molar-refractivity contribution < 1.29 is 14.4 Å². The second-order valence-corrected chi connectivity index (χ2v) is 9.65. The van der Waals surface area contributed by atoms with Gasteiger partial charge in [-0.25, -0.2) is 4.90 Å². The summed E-state index contributed by atoms with van der Waals surface area (Å²) in [6.45, 7) is 0.634. The minimum atomic E-state index is -1.27. The number of hydrogen-bond donors (Lipinski definition) is 1. The van der Waals surface area contributed by atoms with Crippen molar-refractivity contribution in [2.75, 3.05) is 16.8 Å². The fourth-order valence-electron chi connectivity index (χ4n) is 6.09. The normalized spacial score (nSPS) is 31.4. The van der Waals surface area contributed by atoms with Gasteiger partial charge in [-0.2, -0.15) is 0 Å². The number of rotatable bonds is 1. The van der Waals surface area contributed by atoms with Gasteiger partial charge in [-0.3, -0.25) is 19.3 Å². The van der Waals surface area contributed by atoms with E-state index in [0.29, 0.717) is 27.8 Å². The first-order valence-corrected chi connectivity index (χ1v) is 11.2. The van der Waals surface area contributed by atoms with E-state index in [0.717, 1.165) is 17.7 Å². The van der Waals surface area contributed by atoms with Crippen LogP contribution in [0.3, 0.4) is 0 Å². The van der Waals surface area contributed by atoms with Crippen molar-refractivity contribution in [2.24, 2.45) is 11.8 Å². The largest absolute Gasteiger partial charge is 0.323 e. The van der Waals surface area contributed by atoms with Gasteiger partial charge in [0.15, 0.2) is 0 Å². The number of nitrogens with zero attached hydrogens (tertiary/aromatic N) is 2. The lowest BCUT2D eigenvalue weighted by molar-refractivity contribution is -0.135. The van der Waals surface area contributed by atoms with Crippen LogP contribution in [0, 0.1) is 11.8 Å². The van der Waals surface area contributed by atoms with Crippen LogP contribution in [0.25, 0.3) is 0 Å². The summed E-state index contributed by atoms with van der Waals surface area (Å²) in [4.78, 5) is 44.2. The Hall–Kier alpha value is -2.12. The standard InChI is InChI=1S/C22H16Cl3N3O3/c23-10-6-7-12(24)15(9-10)28-19(29)16-14-5-2-8-27(14)22(17(16)20(28)30)11-3-1-4-13(25)18(11)26-21(22)31/h1,3-4,6-7,9,14,16-17H,2,5,8H2,(H,26,31)/t14-,16+,17+,22+/m0/s1. The number of benzene rings is 2. The summed E-state index contributed by atoms with van der Waals surface area (Å²) in [6.07, 6.45) is 1.58. The summed E-state index contributed by atoms with van der Waals surface area (Å²) in [7, 11) is 0. The number of hydrogen-bond acceptors (Lipinski definition) is 4. The monoisotopic (exact) mass is 475 g/mol. The topological polar surface area (TPSA) is 69.7 Å². The third-order valence-corrected chi connectivity index (χ3v) is 8.00. The number of halogens is 3. The maximum Gasteiger partial charge on any atom is 0.250 e. The molecule has 0 bridgehead atoms. The minimum absolute atomic E-state index is 0.208. The molecule has 0 saturated carbocycles. The first kappa shape index (κ1) is 19.6. The van der Waals surface area contributed by atoms with Gasteiger partial charge in [0, 0.05) is 16.6 Å². The van der Waals surface area contributed by atoms with E-state index in [2.05, 4.69) is 5.32 Å². The van der Waals surface area contributed by atoms with Crippen LogP contribution >= 0.6 is 34.8 Å². The molecule has 1 N–H and O–H groups in total. The molecule has 0 aliphatic carbocycles. The van der Waals surface area contributed by atoms with E-state index in [4.69, 9.17) is 34.8 Å². The van der Waals surface area contributed by atoms with Gasteiger partial charge in [-0.1, -0.05) is 46.9 Å². The summed E-state index contributed by atoms with van der Waals surface area (Å²) in [5, 5.41) is 3.92. The van der Waals surface area contributed by atoms with E-state index >= 15 is 0 Å². The molecule has 158 valence electrons. The third-order valence-electron chi connectivity index (χ3n) is 7.13. The second-order valence-electron chi connectivity index (χ2n) is 8.40. The highest BCUT2D eigenvalue weighted by Crippen LogP contribution is 2.61. The van der Waals surface area contributed by atoms with Crippen LogP contribution in [-0.2, 0) is 19.9 Å². The first-order chi connectivity index (χ1) is 14.9. The zero-order chi connectivity index (χ0) is 21.7. The molecule has 4 atom stereocenters. The number of para-hydroxylation sites is 1. The molecule has 0 unspecified atom stereocenters. The van der Waals surface area contributed by atoms with E-state index in [-0.39, 0.29) is 28.6 Å². The molecule has 31 heavy (non-hydrogen) atoms. The molecule has 0 radical (unpaired) electrons. The number of anilines is 2. The number of fused-ring (bicyclic) bond motifs is 7. The van der Waals surface area contributed by atoms with Gasteiger partial charge in [-0.15, -0.1) is 0 Å². The fourth-order valence-corrected chi connectivity index (χ4v) is 6.68. The molecule has 3 fully saturated rings. The Labute approximate surface area is 193 Å². The number of nitrogens with one attached hydrogen (secondary N) is 1. The lowest BCUT2D eigenvalue weighted by atomic mass is 9.75. The van der Waals surface area contributed by atoms with Gasteiger partial charge in [-0.05, 0) is 43.7 Å². The van der Waals surface area contributed by atoms with Crippen LogP contribution in [0.5, 0.6) is 0 Å². The van der Waals surface area contributed by atoms with E-state index in [9.17, 15) is 14.4 Å². The summed E-state index contributed by atoms with van der Waals surface area (Å²) in [5.41, 5.74) is 0.158. The molecule has 0 aromatic heterocycles. The first-order valence-electron chi connectivity index (χ1n) is 10.1. The van der Waals surface area contributed by atoms with Gasteiger partial charge in [0.2, 0.25) is 11.8 Å². The lowest BCUT2D eigenvalue weighted by Crippen LogP contribution is -2.54. The van der Waals surface area contributed by atoms with Gasteiger partial charge >= 0.3 is 0 Å². The van der Waals surface area contributed by atoms with Crippen molar-refractivity contribution in [2.45, 2.75) is 24.4 Å². The second kappa shape index (κ2) is 6.45. The van der Waals surface area contributed by atoms with E-state index < -0.39 is 23.3 Å². The zero-order valence-electron chi connectivity index (χ0n) is 16.1. The Kier molecular flexibility index (Phi) is 4.07. The van der Waals surface area contributed by atoms with Gasteiger partial charge < -0.3 is 5.32 Å². The Morgan fingerprint density at radius 3 is 2.61 bits per heavy atom. The highest BCUT2D eigenvalue weighted by atomic mass is 35.5. The van der Waals surface area contributed by atoms with Crippen LogP contribution in [-0.4, -0.2) is 35.2 Å². The summed E-state index contributed by atoms with van der Waals surface area (Å²) in [6, 6.07) is 9.76. The van der Waals surface area contributed by atoms with Crippen LogP contribution in [0.2, 0.25) is 15.1 Å². The molecule has 3 saturated heterocycles. The summed E-state index contributed by atoms with van der Waals surface area (Å²) < 4.78 is 0. The quantitative estimate of drug-likeness (QED) is 0.630. The van der Waals surface area contributed by atoms with Crippen molar-refractivity contribution in [3.8, 4) is 0 Å². The van der Waals surface area contributed by atoms with Gasteiger partial charge in [0.1, 0.15) is 5.54 Å². The SMILES string of the molecule is O=C1[C@@H]2[C@@H]3CCCN3[C@@]3(C(=O)Nc4c(Cl)cccc43)[C@H]2C(=O)N1c1cc(Cl)ccc1Cl. The molecule has 4 heterocycles. The molecule has 6 rings (SSSR count). The average Bonchev–Trinajstić information content (AvgIpc) is 3.44. The number of carbonyl (C=O) groups excluding carboxylic acids is 3. The number of carbonyl (C=O) groups is 3. The predicted molar refractivity (Wildman–Crippen MR) is 117 cm³/mol. The Balaban J connectivity index is 1.58. The number of imide groups is 1. The highest BCUT2D eigenvalue weighted by molar-refractivity contribution is 6.38. The number of amides is 3. The molecule has 2 aromatic carbocycles. The third kappa shape index (κ3) is 2.26. The Morgan fingerprint density at radius 2 is 1.81 bits per heavy atom. The molecule has 9 heteroatoms. The van der Waals surface area contributed by atoms with Crippen molar-refractivity contribution in [1.82, 2.24) is 4.90 Å². The van der Waals surface area contributed by atoms with Crippen molar-refractivity contribution in [1.29, 1.82) is 0 Å². The molecule has 6 nitrogen and oxygen atoms in total. The molecule has 3 amide bonds. The van der Waals surface area contributed by atoms with E-state index in [1.807, 2.05) is 11.0 Å². The molecular formula is C22H16Cl3N3O3. The minimum Gasteiger partial charge on any atom is -0.323 e. The van der Waals surface area contributed by atoms with Crippen molar-refractivity contribution >= 4 is 63.9 Å². The van der Waals surface area contributed by atoms with Crippen molar-refractivity contribution in [3.63, 3.8) is 0 Å². The fraction of sp³-hybridized carbons (Fsp3) is 0.318. The molecular weight excluding hydrogens is 461 g/mol. The lowest BCUT2D eigenvalue weighted by Gasteiger charge is -2.36. The Morgan fingerprint density at radius 1 is 1.00 bits per heavy atom. The van der Waals surface area contributed by atoms with Crippen LogP contribution in [0.4, 0.5) is 11.4 Å². The Bertz CT molecular complexity index is 1200. The summed E-state index contributed by atoms with van der Waals surface area (Å²) >= 11 is 18.9. The van der Waals surface area contributed by atoms with Gasteiger partial charge in [0.05, 0.1) is 33.3 Å². The molecule has 4 aliphatic heterocycles.